The third kappa shape index (κ3) is 5.18. The van der Waals surface area contributed by atoms with Gasteiger partial charge in [-0.05, 0) is 44.1 Å². The minimum atomic E-state index is -0.879. The van der Waals surface area contributed by atoms with Crippen molar-refractivity contribution in [3.8, 4) is 0 Å². The van der Waals surface area contributed by atoms with Crippen LogP contribution in [0.5, 0.6) is 0 Å². The molecule has 1 unspecified atom stereocenters. The molecule has 24 heavy (non-hydrogen) atoms. The second-order valence-electron chi connectivity index (χ2n) is 5.72. The average molecular weight is 331 g/mol. The number of nitrogens with zero attached hydrogens (tertiary/aromatic N) is 2. The number of aliphatic carboxylic acids is 1. The number of fused-ring (bicyclic) bond motifs is 1. The summed E-state index contributed by atoms with van der Waals surface area (Å²) in [5.41, 5.74) is 0.840. The molecule has 0 aliphatic heterocycles. The molecule has 3 N–H and O–H groups in total. The number of anilines is 1. The molecule has 1 aromatic heterocycles. The van der Waals surface area contributed by atoms with Crippen molar-refractivity contribution in [1.82, 2.24) is 9.88 Å². The molecule has 1 heterocycles. The van der Waals surface area contributed by atoms with Crippen molar-refractivity contribution in [2.75, 3.05) is 31.6 Å². The molecule has 2 rings (SSSR count). The predicted octanol–water partition coefficient (Wildman–Crippen LogP) is 2.19. The fraction of sp³-hybridized carbons (Fsp3) is 0.444. The third-order valence-corrected chi connectivity index (χ3v) is 4.05. The fourth-order valence-electron chi connectivity index (χ4n) is 2.67. The molecule has 0 fully saturated rings. The van der Waals surface area contributed by atoms with E-state index in [9.17, 15) is 9.90 Å². The number of benzene rings is 1. The van der Waals surface area contributed by atoms with Crippen molar-refractivity contribution in [2.24, 2.45) is 0 Å². The molecule has 0 amide bonds. The molecule has 0 radical (unpaired) electrons. The van der Waals surface area contributed by atoms with Gasteiger partial charge in [-0.2, -0.15) is 0 Å². The molecule has 1 atom stereocenters. The molecule has 1 aromatic carbocycles. The second-order valence-corrected chi connectivity index (χ2v) is 5.72. The van der Waals surface area contributed by atoms with E-state index in [1.54, 1.807) is 0 Å². The number of carbonyl (C=O) groups is 1. The van der Waals surface area contributed by atoms with Crippen molar-refractivity contribution in [2.45, 2.75) is 25.8 Å². The number of aromatic nitrogens is 1. The van der Waals surface area contributed by atoms with E-state index in [2.05, 4.69) is 15.2 Å². The van der Waals surface area contributed by atoms with Gasteiger partial charge in [-0.15, -0.1) is 0 Å². The Kier molecular flexibility index (Phi) is 6.96. The maximum atomic E-state index is 11.5. The van der Waals surface area contributed by atoms with Gasteiger partial charge in [0.15, 0.2) is 0 Å². The molecule has 0 saturated carbocycles. The molecule has 6 heteroatoms. The van der Waals surface area contributed by atoms with E-state index in [-0.39, 0.29) is 6.61 Å². The fourth-order valence-corrected chi connectivity index (χ4v) is 2.67. The highest BCUT2D eigenvalue weighted by atomic mass is 16.4. The molecule has 130 valence electrons. The number of aliphatic hydroxyl groups is 1. The number of aliphatic hydroxyl groups excluding tert-OH is 1. The standard InChI is InChI=1S/C18H25N3O3/c1-2-21(12-13-22)11-5-8-16(18(23)24)20-17-10-9-14-6-3-4-7-15(14)19-17/h3-4,6-7,9-10,16,22H,2,5,8,11-13H2,1H3,(H,19,20)(H,23,24). The maximum Gasteiger partial charge on any atom is 0.326 e. The smallest absolute Gasteiger partial charge is 0.326 e. The Morgan fingerprint density at radius 1 is 1.25 bits per heavy atom. The number of hydrogen-bond acceptors (Lipinski definition) is 5. The monoisotopic (exact) mass is 331 g/mol. The minimum absolute atomic E-state index is 0.120. The van der Waals surface area contributed by atoms with Gasteiger partial charge in [-0.3, -0.25) is 0 Å². The minimum Gasteiger partial charge on any atom is -0.480 e. The van der Waals surface area contributed by atoms with Gasteiger partial charge in [0.05, 0.1) is 12.1 Å². The summed E-state index contributed by atoms with van der Waals surface area (Å²) in [7, 11) is 0. The number of carboxylic acid groups (broad SMARTS) is 1. The summed E-state index contributed by atoms with van der Waals surface area (Å²) in [6.45, 7) is 4.39. The Morgan fingerprint density at radius 3 is 2.75 bits per heavy atom. The lowest BCUT2D eigenvalue weighted by Gasteiger charge is -2.21. The largest absolute Gasteiger partial charge is 0.480 e. The number of pyridine rings is 1. The van der Waals surface area contributed by atoms with E-state index in [1.165, 1.54) is 0 Å². The van der Waals surface area contributed by atoms with Crippen molar-refractivity contribution < 1.29 is 15.0 Å². The average Bonchev–Trinajstić information content (AvgIpc) is 2.59. The van der Waals surface area contributed by atoms with Gasteiger partial charge in [-0.1, -0.05) is 25.1 Å². The molecule has 2 aromatic rings. The summed E-state index contributed by atoms with van der Waals surface area (Å²) in [6.07, 6.45) is 1.25. The molecular weight excluding hydrogens is 306 g/mol. The van der Waals surface area contributed by atoms with Gasteiger partial charge < -0.3 is 20.4 Å². The first-order chi connectivity index (χ1) is 11.6. The first kappa shape index (κ1) is 18.2. The lowest BCUT2D eigenvalue weighted by molar-refractivity contribution is -0.138. The lowest BCUT2D eigenvalue weighted by atomic mass is 10.1. The summed E-state index contributed by atoms with van der Waals surface area (Å²) < 4.78 is 0. The highest BCUT2D eigenvalue weighted by molar-refractivity contribution is 5.81. The second kappa shape index (κ2) is 9.20. The van der Waals surface area contributed by atoms with E-state index in [4.69, 9.17) is 5.11 Å². The van der Waals surface area contributed by atoms with Crippen LogP contribution in [0.3, 0.4) is 0 Å². The maximum absolute atomic E-state index is 11.5. The topological polar surface area (TPSA) is 85.7 Å². The summed E-state index contributed by atoms with van der Waals surface area (Å²) in [4.78, 5) is 18.1. The lowest BCUT2D eigenvalue weighted by Crippen LogP contribution is -2.32. The first-order valence-electron chi connectivity index (χ1n) is 8.32. The summed E-state index contributed by atoms with van der Waals surface area (Å²) in [5.74, 6) is -0.307. The van der Waals surface area contributed by atoms with E-state index in [0.29, 0.717) is 18.8 Å². The van der Waals surface area contributed by atoms with E-state index < -0.39 is 12.0 Å². The Morgan fingerprint density at radius 2 is 2.04 bits per heavy atom. The highest BCUT2D eigenvalue weighted by Gasteiger charge is 2.18. The SMILES string of the molecule is CCN(CCO)CCCC(Nc1ccc2ccccc2n1)C(=O)O. The van der Waals surface area contributed by atoms with Crippen LogP contribution < -0.4 is 5.32 Å². The van der Waals surface area contributed by atoms with Crippen LogP contribution in [-0.2, 0) is 4.79 Å². The Hall–Kier alpha value is -2.18. The van der Waals surface area contributed by atoms with Crippen molar-refractivity contribution in [3.05, 3.63) is 36.4 Å². The summed E-state index contributed by atoms with van der Waals surface area (Å²) in [6, 6.07) is 10.8. The van der Waals surface area contributed by atoms with Gasteiger partial charge in [0.1, 0.15) is 11.9 Å². The molecule has 0 saturated heterocycles. The number of rotatable bonds is 10. The zero-order valence-electron chi connectivity index (χ0n) is 14.0. The van der Waals surface area contributed by atoms with Gasteiger partial charge in [0.2, 0.25) is 0 Å². The predicted molar refractivity (Wildman–Crippen MR) is 95.2 cm³/mol. The Bertz CT molecular complexity index is 663. The van der Waals surface area contributed by atoms with Crippen LogP contribution in [0.4, 0.5) is 5.82 Å². The number of carboxylic acids is 1. The van der Waals surface area contributed by atoms with Gasteiger partial charge in [0.25, 0.3) is 0 Å². The van der Waals surface area contributed by atoms with Crippen molar-refractivity contribution in [1.29, 1.82) is 0 Å². The quantitative estimate of drug-likeness (QED) is 0.619. The van der Waals surface area contributed by atoms with E-state index in [0.717, 1.165) is 30.4 Å². The van der Waals surface area contributed by atoms with Crippen LogP contribution in [-0.4, -0.2) is 58.3 Å². The zero-order chi connectivity index (χ0) is 17.4. The summed E-state index contributed by atoms with van der Waals surface area (Å²) >= 11 is 0. The third-order valence-electron chi connectivity index (χ3n) is 4.05. The molecule has 0 aliphatic carbocycles. The molecule has 0 spiro atoms. The van der Waals surface area contributed by atoms with Crippen LogP contribution in [0.2, 0.25) is 0 Å². The van der Waals surface area contributed by atoms with Crippen LogP contribution in [0.1, 0.15) is 19.8 Å². The first-order valence-corrected chi connectivity index (χ1v) is 8.32. The highest BCUT2D eigenvalue weighted by Crippen LogP contribution is 2.16. The van der Waals surface area contributed by atoms with Crippen LogP contribution >= 0.6 is 0 Å². The number of para-hydroxylation sites is 1. The molecule has 0 aliphatic rings. The molecule has 0 bridgehead atoms. The van der Waals surface area contributed by atoms with Gasteiger partial charge >= 0.3 is 5.97 Å². The molecular formula is C18H25N3O3. The zero-order valence-corrected chi connectivity index (χ0v) is 14.0. The molecule has 6 nitrogen and oxygen atoms in total. The van der Waals surface area contributed by atoms with Crippen LogP contribution in [0.15, 0.2) is 36.4 Å². The number of likely N-dealkylation sites (N-methyl/N-ethyl adjacent to an activating group) is 1. The van der Waals surface area contributed by atoms with Crippen molar-refractivity contribution in [3.63, 3.8) is 0 Å². The van der Waals surface area contributed by atoms with E-state index in [1.807, 2.05) is 43.3 Å². The number of hydrogen-bond donors (Lipinski definition) is 3. The van der Waals surface area contributed by atoms with Crippen LogP contribution in [0.25, 0.3) is 10.9 Å². The van der Waals surface area contributed by atoms with E-state index >= 15 is 0 Å². The normalized spacial score (nSPS) is 12.5. The van der Waals surface area contributed by atoms with Gasteiger partial charge in [-0.25, -0.2) is 9.78 Å². The Balaban J connectivity index is 1.95. The summed E-state index contributed by atoms with van der Waals surface area (Å²) in [5, 5.41) is 22.5. The van der Waals surface area contributed by atoms with Crippen LogP contribution in [0, 0.1) is 0 Å². The van der Waals surface area contributed by atoms with Gasteiger partial charge in [0, 0.05) is 11.9 Å². The Labute approximate surface area is 142 Å². The van der Waals surface area contributed by atoms with Crippen molar-refractivity contribution >= 4 is 22.7 Å². The number of nitrogens with one attached hydrogen (secondary N) is 1.